The molecule has 0 bridgehead atoms. The van der Waals surface area contributed by atoms with Crippen molar-refractivity contribution in [3.8, 4) is 0 Å². The van der Waals surface area contributed by atoms with Crippen LogP contribution in [0.25, 0.3) is 0 Å². The van der Waals surface area contributed by atoms with Gasteiger partial charge in [-0.25, -0.2) is 0 Å². The summed E-state index contributed by atoms with van der Waals surface area (Å²) in [5, 5.41) is 0. The second-order valence-electron chi connectivity index (χ2n) is 3.50. The Bertz CT molecular complexity index is 347. The van der Waals surface area contributed by atoms with Crippen LogP contribution in [0, 0.1) is 6.92 Å². The summed E-state index contributed by atoms with van der Waals surface area (Å²) in [6.07, 6.45) is 1.10. The zero-order valence-electron chi connectivity index (χ0n) is 9.25. The van der Waals surface area contributed by atoms with E-state index in [1.165, 1.54) is 0 Å². The van der Waals surface area contributed by atoms with E-state index in [1.54, 1.807) is 0 Å². The number of carbonyl (C=O) groups excluding carboxylic acids is 1. The van der Waals surface area contributed by atoms with E-state index in [2.05, 4.69) is 0 Å². The molecule has 0 radical (unpaired) electrons. The average molecular weight is 207 g/mol. The van der Waals surface area contributed by atoms with Gasteiger partial charge >= 0.3 is 5.97 Å². The molecule has 0 fully saturated rings. The molecule has 82 valence electrons. The Morgan fingerprint density at radius 1 is 1.47 bits per heavy atom. The minimum Gasteiger partial charge on any atom is -0.466 e. The topological polar surface area (TPSA) is 52.3 Å². The van der Waals surface area contributed by atoms with Crippen molar-refractivity contribution in [1.82, 2.24) is 0 Å². The quantitative estimate of drug-likeness (QED) is 0.607. The lowest BCUT2D eigenvalue weighted by atomic mass is 10.1. The fourth-order valence-electron chi connectivity index (χ4n) is 1.33. The molecule has 0 heterocycles. The van der Waals surface area contributed by atoms with Gasteiger partial charge in [0.15, 0.2) is 0 Å². The smallest absolute Gasteiger partial charge is 0.306 e. The van der Waals surface area contributed by atoms with Crippen LogP contribution in [0.2, 0.25) is 0 Å². The van der Waals surface area contributed by atoms with Crippen LogP contribution in [0.1, 0.15) is 24.5 Å². The molecule has 15 heavy (non-hydrogen) atoms. The number of rotatable bonds is 4. The predicted molar refractivity (Wildman–Crippen MR) is 60.5 cm³/mol. The molecule has 0 amide bonds. The van der Waals surface area contributed by atoms with Crippen molar-refractivity contribution >= 4 is 11.7 Å². The summed E-state index contributed by atoms with van der Waals surface area (Å²) in [5.74, 6) is -0.156. The Hall–Kier alpha value is -1.51. The van der Waals surface area contributed by atoms with E-state index < -0.39 is 0 Å². The molecule has 0 aliphatic rings. The van der Waals surface area contributed by atoms with Crippen LogP contribution in [0.4, 0.5) is 5.69 Å². The van der Waals surface area contributed by atoms with Crippen molar-refractivity contribution in [3.63, 3.8) is 0 Å². The number of esters is 1. The number of nitrogen functional groups attached to an aromatic ring is 1. The highest BCUT2D eigenvalue weighted by Gasteiger charge is 2.03. The summed E-state index contributed by atoms with van der Waals surface area (Å²) in [7, 11) is 0. The second-order valence-corrected chi connectivity index (χ2v) is 3.50. The third-order valence-electron chi connectivity index (χ3n) is 2.27. The van der Waals surface area contributed by atoms with E-state index in [-0.39, 0.29) is 5.97 Å². The predicted octanol–water partition coefficient (Wildman–Crippen LogP) is 2.07. The number of benzene rings is 1. The van der Waals surface area contributed by atoms with Crippen molar-refractivity contribution in [1.29, 1.82) is 0 Å². The van der Waals surface area contributed by atoms with Gasteiger partial charge in [0.05, 0.1) is 6.61 Å². The number of nitrogens with two attached hydrogens (primary N) is 1. The number of carbonyl (C=O) groups is 1. The van der Waals surface area contributed by atoms with E-state index in [1.807, 2.05) is 32.0 Å². The van der Waals surface area contributed by atoms with E-state index in [0.29, 0.717) is 19.4 Å². The van der Waals surface area contributed by atoms with Gasteiger partial charge in [0.25, 0.3) is 0 Å². The molecule has 1 aromatic carbocycles. The summed E-state index contributed by atoms with van der Waals surface area (Å²) in [4.78, 5) is 11.1. The fraction of sp³-hybridized carbons (Fsp3) is 0.417. The normalized spacial score (nSPS) is 10.0. The molecule has 0 aromatic heterocycles. The number of ether oxygens (including phenoxy) is 1. The second kappa shape index (κ2) is 5.39. The largest absolute Gasteiger partial charge is 0.466 e. The maximum atomic E-state index is 11.1. The van der Waals surface area contributed by atoms with Crippen molar-refractivity contribution in [2.24, 2.45) is 0 Å². The van der Waals surface area contributed by atoms with E-state index >= 15 is 0 Å². The van der Waals surface area contributed by atoms with Gasteiger partial charge in [0, 0.05) is 12.1 Å². The number of aryl methyl sites for hydroxylation is 2. The summed E-state index contributed by atoms with van der Waals surface area (Å²) in [5.41, 5.74) is 8.68. The highest BCUT2D eigenvalue weighted by Crippen LogP contribution is 2.14. The first-order valence-corrected chi connectivity index (χ1v) is 5.14. The first kappa shape index (κ1) is 11.6. The van der Waals surface area contributed by atoms with Gasteiger partial charge in [0.1, 0.15) is 0 Å². The van der Waals surface area contributed by atoms with Crippen LogP contribution >= 0.6 is 0 Å². The minimum atomic E-state index is -0.156. The standard InChI is InChI=1S/C12H17NO2/c1-3-15-12(14)7-6-10-5-4-9(2)11(13)8-10/h4-5,8H,3,6-7,13H2,1-2H3. The maximum absolute atomic E-state index is 11.1. The summed E-state index contributed by atoms with van der Waals surface area (Å²) < 4.78 is 4.85. The Morgan fingerprint density at radius 2 is 2.20 bits per heavy atom. The van der Waals surface area contributed by atoms with Gasteiger partial charge in [-0.3, -0.25) is 4.79 Å². The molecular weight excluding hydrogens is 190 g/mol. The van der Waals surface area contributed by atoms with Gasteiger partial charge < -0.3 is 10.5 Å². The van der Waals surface area contributed by atoms with E-state index in [9.17, 15) is 4.79 Å². The van der Waals surface area contributed by atoms with Crippen LogP contribution in [0.15, 0.2) is 18.2 Å². The average Bonchev–Trinajstić information content (AvgIpc) is 2.20. The summed E-state index contributed by atoms with van der Waals surface area (Å²) in [6.45, 7) is 4.21. The Labute approximate surface area is 90.2 Å². The monoisotopic (exact) mass is 207 g/mol. The number of hydrogen-bond donors (Lipinski definition) is 1. The Kier molecular flexibility index (Phi) is 4.16. The fourth-order valence-corrected chi connectivity index (χ4v) is 1.33. The van der Waals surface area contributed by atoms with Gasteiger partial charge in [-0.05, 0) is 37.5 Å². The zero-order chi connectivity index (χ0) is 11.3. The minimum absolute atomic E-state index is 0.156. The van der Waals surface area contributed by atoms with Crippen LogP contribution in [-0.2, 0) is 16.0 Å². The third kappa shape index (κ3) is 3.62. The highest BCUT2D eigenvalue weighted by molar-refractivity contribution is 5.69. The third-order valence-corrected chi connectivity index (χ3v) is 2.27. The molecule has 1 rings (SSSR count). The maximum Gasteiger partial charge on any atom is 0.306 e. The molecule has 0 aliphatic heterocycles. The van der Waals surface area contributed by atoms with Gasteiger partial charge in [0.2, 0.25) is 0 Å². The van der Waals surface area contributed by atoms with Crippen molar-refractivity contribution in [2.45, 2.75) is 26.7 Å². The van der Waals surface area contributed by atoms with Crippen LogP contribution in [0.5, 0.6) is 0 Å². The molecule has 0 spiro atoms. The van der Waals surface area contributed by atoms with Crippen molar-refractivity contribution in [2.75, 3.05) is 12.3 Å². The van der Waals surface area contributed by atoms with Crippen LogP contribution in [0.3, 0.4) is 0 Å². The van der Waals surface area contributed by atoms with Gasteiger partial charge in [-0.1, -0.05) is 12.1 Å². The molecule has 0 saturated heterocycles. The lowest BCUT2D eigenvalue weighted by Gasteiger charge is -2.05. The lowest BCUT2D eigenvalue weighted by molar-refractivity contribution is -0.143. The van der Waals surface area contributed by atoms with Crippen LogP contribution in [-0.4, -0.2) is 12.6 Å². The molecule has 0 unspecified atom stereocenters. The number of anilines is 1. The molecular formula is C12H17NO2. The van der Waals surface area contributed by atoms with Gasteiger partial charge in [-0.2, -0.15) is 0 Å². The first-order chi connectivity index (χ1) is 7.13. The van der Waals surface area contributed by atoms with Gasteiger partial charge in [-0.15, -0.1) is 0 Å². The van der Waals surface area contributed by atoms with Crippen LogP contribution < -0.4 is 5.73 Å². The van der Waals surface area contributed by atoms with E-state index in [0.717, 1.165) is 16.8 Å². The SMILES string of the molecule is CCOC(=O)CCc1ccc(C)c(N)c1. The lowest BCUT2D eigenvalue weighted by Crippen LogP contribution is -2.05. The zero-order valence-corrected chi connectivity index (χ0v) is 9.25. The molecule has 3 nitrogen and oxygen atoms in total. The molecule has 0 aliphatic carbocycles. The molecule has 1 aromatic rings. The van der Waals surface area contributed by atoms with Crippen molar-refractivity contribution < 1.29 is 9.53 Å². The number of hydrogen-bond acceptors (Lipinski definition) is 3. The van der Waals surface area contributed by atoms with E-state index in [4.69, 9.17) is 10.5 Å². The first-order valence-electron chi connectivity index (χ1n) is 5.14. The van der Waals surface area contributed by atoms with Crippen molar-refractivity contribution in [3.05, 3.63) is 29.3 Å². The highest BCUT2D eigenvalue weighted by atomic mass is 16.5. The molecule has 0 atom stereocenters. The Balaban J connectivity index is 2.51. The summed E-state index contributed by atoms with van der Waals surface area (Å²) in [6, 6.07) is 5.87. The summed E-state index contributed by atoms with van der Waals surface area (Å²) >= 11 is 0. The molecule has 2 N–H and O–H groups in total. The molecule has 0 saturated carbocycles. The Morgan fingerprint density at radius 3 is 2.80 bits per heavy atom. The molecule has 3 heteroatoms.